The summed E-state index contributed by atoms with van der Waals surface area (Å²) >= 11 is 0. The van der Waals surface area contributed by atoms with Crippen LogP contribution in [0.5, 0.6) is 0 Å². The highest BCUT2D eigenvalue weighted by molar-refractivity contribution is 5.90. The lowest BCUT2D eigenvalue weighted by molar-refractivity contribution is -0.199. The van der Waals surface area contributed by atoms with Gasteiger partial charge in [-0.2, -0.15) is 8.78 Å². The summed E-state index contributed by atoms with van der Waals surface area (Å²) in [5.74, 6) is -5.61. The second kappa shape index (κ2) is 7.81. The Morgan fingerprint density at radius 3 is 2.04 bits per heavy atom. The van der Waals surface area contributed by atoms with Gasteiger partial charge in [0, 0.05) is 0 Å². The van der Waals surface area contributed by atoms with Crippen molar-refractivity contribution >= 4 is 11.9 Å². The van der Waals surface area contributed by atoms with E-state index in [1.165, 1.54) is 24.3 Å². The molecule has 27 heavy (non-hydrogen) atoms. The average molecular weight is 378 g/mol. The standard InChI is InChI=1S/C19H16F2O6/c20-19(21)15(27-17(23)13-9-5-2-6-10-13)14(26-18(19)24)11-25-16(22)12-7-3-1-4-8-12/h1-10,14-15,18,24H,11H2/t14-,15+,18?/m0/s1. The number of hydrogen-bond donors (Lipinski definition) is 1. The number of benzene rings is 2. The molecule has 0 radical (unpaired) electrons. The summed E-state index contributed by atoms with van der Waals surface area (Å²) in [4.78, 5) is 24.1. The van der Waals surface area contributed by atoms with Gasteiger partial charge in [-0.3, -0.25) is 0 Å². The van der Waals surface area contributed by atoms with Crippen LogP contribution in [0, 0.1) is 0 Å². The molecule has 8 heteroatoms. The fourth-order valence-corrected chi connectivity index (χ4v) is 2.57. The van der Waals surface area contributed by atoms with Crippen molar-refractivity contribution in [2.24, 2.45) is 0 Å². The summed E-state index contributed by atoms with van der Waals surface area (Å²) in [6, 6.07) is 15.5. The van der Waals surface area contributed by atoms with E-state index >= 15 is 0 Å². The van der Waals surface area contributed by atoms with Gasteiger partial charge in [-0.1, -0.05) is 36.4 Å². The predicted molar refractivity (Wildman–Crippen MR) is 88.2 cm³/mol. The number of rotatable bonds is 5. The first-order valence-electron chi connectivity index (χ1n) is 8.09. The number of carbonyl (C=O) groups is 2. The molecule has 142 valence electrons. The van der Waals surface area contributed by atoms with E-state index in [1.807, 2.05) is 0 Å². The maximum absolute atomic E-state index is 14.2. The zero-order valence-corrected chi connectivity index (χ0v) is 14.0. The number of ether oxygens (including phenoxy) is 3. The second-order valence-corrected chi connectivity index (χ2v) is 5.86. The molecule has 1 aliphatic rings. The molecule has 3 atom stereocenters. The topological polar surface area (TPSA) is 82.1 Å². The van der Waals surface area contributed by atoms with Gasteiger partial charge < -0.3 is 19.3 Å². The van der Waals surface area contributed by atoms with Crippen LogP contribution in [0.15, 0.2) is 60.7 Å². The van der Waals surface area contributed by atoms with Crippen LogP contribution in [-0.2, 0) is 14.2 Å². The third kappa shape index (κ3) is 4.12. The van der Waals surface area contributed by atoms with Gasteiger partial charge in [0.05, 0.1) is 11.1 Å². The normalized spacial score (nSPS) is 23.6. The smallest absolute Gasteiger partial charge is 0.338 e. The fourth-order valence-electron chi connectivity index (χ4n) is 2.57. The first-order valence-corrected chi connectivity index (χ1v) is 8.09. The quantitative estimate of drug-likeness (QED) is 0.805. The fraction of sp³-hybridized carbons (Fsp3) is 0.263. The van der Waals surface area contributed by atoms with Crippen LogP contribution in [0.3, 0.4) is 0 Å². The Hall–Kier alpha value is -2.84. The van der Waals surface area contributed by atoms with E-state index in [4.69, 9.17) is 14.2 Å². The molecule has 1 saturated heterocycles. The molecule has 6 nitrogen and oxygen atoms in total. The molecule has 2 aromatic carbocycles. The molecule has 1 N–H and O–H groups in total. The van der Waals surface area contributed by atoms with Crippen molar-refractivity contribution in [1.82, 2.24) is 0 Å². The maximum Gasteiger partial charge on any atom is 0.338 e. The highest BCUT2D eigenvalue weighted by Crippen LogP contribution is 2.37. The van der Waals surface area contributed by atoms with Crippen LogP contribution in [0.25, 0.3) is 0 Å². The molecule has 1 heterocycles. The molecule has 0 aliphatic carbocycles. The number of aliphatic hydroxyl groups is 1. The molecule has 0 bridgehead atoms. The minimum absolute atomic E-state index is 0.0646. The molecular weight excluding hydrogens is 362 g/mol. The van der Waals surface area contributed by atoms with Crippen molar-refractivity contribution in [2.45, 2.75) is 24.4 Å². The first kappa shape index (κ1) is 18.9. The van der Waals surface area contributed by atoms with Gasteiger partial charge in [0.1, 0.15) is 12.7 Å². The number of hydrogen-bond acceptors (Lipinski definition) is 6. The van der Waals surface area contributed by atoms with Crippen molar-refractivity contribution in [3.63, 3.8) is 0 Å². The molecule has 0 saturated carbocycles. The average Bonchev–Trinajstić information content (AvgIpc) is 2.90. The second-order valence-electron chi connectivity index (χ2n) is 5.86. The maximum atomic E-state index is 14.2. The van der Waals surface area contributed by atoms with Crippen molar-refractivity contribution in [2.75, 3.05) is 6.61 Å². The van der Waals surface area contributed by atoms with E-state index in [1.54, 1.807) is 36.4 Å². The Morgan fingerprint density at radius 2 is 1.48 bits per heavy atom. The SMILES string of the molecule is O=C(OC[C@@H]1OC(O)C(F)(F)[C@@H]1OC(=O)c1ccccc1)c1ccccc1. The lowest BCUT2D eigenvalue weighted by Gasteiger charge is -2.22. The number of carbonyl (C=O) groups excluding carboxylic acids is 2. The Bertz CT molecular complexity index is 796. The van der Waals surface area contributed by atoms with E-state index in [9.17, 15) is 23.5 Å². The van der Waals surface area contributed by atoms with Crippen LogP contribution in [0.2, 0.25) is 0 Å². The highest BCUT2D eigenvalue weighted by Gasteiger charge is 2.61. The first-order chi connectivity index (χ1) is 12.9. The Kier molecular flexibility index (Phi) is 5.48. The number of alkyl halides is 2. The minimum atomic E-state index is -3.85. The lowest BCUT2D eigenvalue weighted by Crippen LogP contribution is -2.44. The Balaban J connectivity index is 1.69. The van der Waals surface area contributed by atoms with Crippen LogP contribution in [0.4, 0.5) is 8.78 Å². The molecule has 1 fully saturated rings. The van der Waals surface area contributed by atoms with Gasteiger partial charge in [0.15, 0.2) is 6.10 Å². The summed E-state index contributed by atoms with van der Waals surface area (Å²) in [6.07, 6.45) is -6.11. The number of esters is 2. The predicted octanol–water partition coefficient (Wildman–Crippen LogP) is 2.42. The van der Waals surface area contributed by atoms with E-state index in [0.29, 0.717) is 0 Å². The van der Waals surface area contributed by atoms with Crippen molar-refractivity contribution in [3.05, 3.63) is 71.8 Å². The van der Waals surface area contributed by atoms with Gasteiger partial charge >= 0.3 is 17.9 Å². The van der Waals surface area contributed by atoms with E-state index < -0.39 is 43.0 Å². The Morgan fingerprint density at radius 1 is 0.963 bits per heavy atom. The number of halogens is 2. The van der Waals surface area contributed by atoms with Crippen molar-refractivity contribution < 1.29 is 37.7 Å². The third-order valence-electron chi connectivity index (χ3n) is 3.98. The summed E-state index contributed by atoms with van der Waals surface area (Å²) in [7, 11) is 0. The summed E-state index contributed by atoms with van der Waals surface area (Å²) < 4.78 is 43.0. The van der Waals surface area contributed by atoms with Crippen LogP contribution in [-0.4, -0.2) is 48.1 Å². The monoisotopic (exact) mass is 378 g/mol. The van der Waals surface area contributed by atoms with Crippen molar-refractivity contribution in [1.29, 1.82) is 0 Å². The number of aliphatic hydroxyl groups excluding tert-OH is 1. The molecule has 1 aliphatic heterocycles. The lowest BCUT2D eigenvalue weighted by atomic mass is 10.1. The van der Waals surface area contributed by atoms with Crippen LogP contribution >= 0.6 is 0 Å². The zero-order chi connectivity index (χ0) is 19.4. The summed E-state index contributed by atoms with van der Waals surface area (Å²) in [5.41, 5.74) is 0.287. The molecule has 3 rings (SSSR count). The van der Waals surface area contributed by atoms with Gasteiger partial charge in [-0.25, -0.2) is 9.59 Å². The molecule has 0 spiro atoms. The third-order valence-corrected chi connectivity index (χ3v) is 3.98. The van der Waals surface area contributed by atoms with Gasteiger partial charge in [-0.05, 0) is 24.3 Å². The van der Waals surface area contributed by atoms with Crippen LogP contribution < -0.4 is 0 Å². The summed E-state index contributed by atoms with van der Waals surface area (Å²) in [5, 5.41) is 9.46. The Labute approximate surface area is 153 Å². The van der Waals surface area contributed by atoms with Gasteiger partial charge in [0.25, 0.3) is 0 Å². The molecule has 1 unspecified atom stereocenters. The van der Waals surface area contributed by atoms with Gasteiger partial charge in [-0.15, -0.1) is 0 Å². The highest BCUT2D eigenvalue weighted by atomic mass is 19.3. The molecule has 0 aromatic heterocycles. The largest absolute Gasteiger partial charge is 0.459 e. The van der Waals surface area contributed by atoms with Crippen LogP contribution in [0.1, 0.15) is 20.7 Å². The van der Waals surface area contributed by atoms with E-state index in [0.717, 1.165) is 0 Å². The van der Waals surface area contributed by atoms with E-state index in [2.05, 4.69) is 0 Å². The molecule has 2 aromatic rings. The zero-order valence-electron chi connectivity index (χ0n) is 14.0. The van der Waals surface area contributed by atoms with E-state index in [-0.39, 0.29) is 11.1 Å². The van der Waals surface area contributed by atoms with Crippen molar-refractivity contribution in [3.8, 4) is 0 Å². The molecule has 0 amide bonds. The summed E-state index contributed by atoms with van der Waals surface area (Å²) in [6.45, 7) is -0.618. The molecular formula is C19H16F2O6. The van der Waals surface area contributed by atoms with Gasteiger partial charge in [0.2, 0.25) is 6.29 Å². The minimum Gasteiger partial charge on any atom is -0.459 e.